The molecule has 0 spiro atoms. The van der Waals surface area contributed by atoms with Crippen molar-refractivity contribution in [2.24, 2.45) is 0 Å². The Kier molecular flexibility index (Phi) is 7.06. The topological polar surface area (TPSA) is 135 Å². The van der Waals surface area contributed by atoms with E-state index < -0.39 is 11.7 Å². The number of amides is 2. The van der Waals surface area contributed by atoms with Crippen LogP contribution in [0.15, 0.2) is 30.7 Å². The highest BCUT2D eigenvalue weighted by Gasteiger charge is 2.26. The van der Waals surface area contributed by atoms with E-state index in [1.165, 1.54) is 23.0 Å². The molecule has 0 aliphatic heterocycles. The summed E-state index contributed by atoms with van der Waals surface area (Å²) in [6.45, 7) is 3.65. The number of aromatic nitrogens is 4. The second-order valence-electron chi connectivity index (χ2n) is 9.84. The van der Waals surface area contributed by atoms with E-state index in [2.05, 4.69) is 36.3 Å². The molecule has 2 saturated carbocycles. The normalized spacial score (nSPS) is 19.5. The number of rotatable bonds is 8. The highest BCUT2D eigenvalue weighted by atomic mass is 19.1. The first-order valence-electron chi connectivity index (χ1n) is 12.7. The van der Waals surface area contributed by atoms with E-state index in [1.54, 1.807) is 0 Å². The molecule has 11 nitrogen and oxygen atoms in total. The van der Waals surface area contributed by atoms with Crippen molar-refractivity contribution in [2.45, 2.75) is 76.6 Å². The summed E-state index contributed by atoms with van der Waals surface area (Å²) in [5, 5.41) is 17.1. The predicted octanol–water partition coefficient (Wildman–Crippen LogP) is 3.95. The zero-order valence-corrected chi connectivity index (χ0v) is 20.8. The van der Waals surface area contributed by atoms with Gasteiger partial charge in [-0.25, -0.2) is 18.7 Å². The van der Waals surface area contributed by atoms with Crippen molar-refractivity contribution in [3.05, 3.63) is 42.2 Å². The number of carbonyl (C=O) groups is 2. The van der Waals surface area contributed by atoms with Gasteiger partial charge in [-0.1, -0.05) is 0 Å². The van der Waals surface area contributed by atoms with Crippen LogP contribution in [0.1, 0.15) is 62.9 Å². The highest BCUT2D eigenvalue weighted by molar-refractivity contribution is 6.03. The Labute approximate surface area is 213 Å². The molecule has 5 rings (SSSR count). The number of pyridine rings is 1. The maximum Gasteiger partial charge on any atom is 0.407 e. The summed E-state index contributed by atoms with van der Waals surface area (Å²) < 4.78 is 20.7. The lowest BCUT2D eigenvalue weighted by Gasteiger charge is -2.30. The van der Waals surface area contributed by atoms with Crippen LogP contribution in [-0.4, -0.2) is 55.8 Å². The minimum atomic E-state index is -0.626. The van der Waals surface area contributed by atoms with Crippen molar-refractivity contribution < 1.29 is 18.7 Å². The first kappa shape index (κ1) is 24.7. The zero-order valence-electron chi connectivity index (χ0n) is 20.8. The summed E-state index contributed by atoms with van der Waals surface area (Å²) in [5.74, 6) is -0.549. The van der Waals surface area contributed by atoms with Gasteiger partial charge in [-0.15, -0.1) is 5.10 Å². The molecule has 2 fully saturated rings. The van der Waals surface area contributed by atoms with E-state index in [9.17, 15) is 14.0 Å². The number of imidazole rings is 1. The third kappa shape index (κ3) is 6.07. The smallest absolute Gasteiger partial charge is 0.407 e. The first-order valence-corrected chi connectivity index (χ1v) is 12.7. The average molecular weight is 511 g/mol. The molecule has 0 atom stereocenters. The first-order chi connectivity index (χ1) is 17.9. The van der Waals surface area contributed by atoms with Crippen LogP contribution in [0.2, 0.25) is 0 Å². The second kappa shape index (κ2) is 10.6. The average Bonchev–Trinajstić information content (AvgIpc) is 3.56. The number of anilines is 3. The maximum atomic E-state index is 14.0. The summed E-state index contributed by atoms with van der Waals surface area (Å²) in [7, 11) is 0. The van der Waals surface area contributed by atoms with Crippen molar-refractivity contribution >= 4 is 34.8 Å². The lowest BCUT2D eigenvalue weighted by Crippen LogP contribution is -2.41. The van der Waals surface area contributed by atoms with Gasteiger partial charge in [0.2, 0.25) is 0 Å². The van der Waals surface area contributed by atoms with Gasteiger partial charge in [0.1, 0.15) is 5.82 Å². The molecule has 3 aromatic rings. The zero-order chi connectivity index (χ0) is 25.9. The summed E-state index contributed by atoms with van der Waals surface area (Å²) >= 11 is 0. The van der Waals surface area contributed by atoms with Gasteiger partial charge in [0.15, 0.2) is 17.2 Å². The molecule has 0 radical (unpaired) electrons. The number of hydrogen-bond donors (Lipinski definition) is 4. The Balaban J connectivity index is 1.31. The Morgan fingerprint density at radius 3 is 2.43 bits per heavy atom. The largest absolute Gasteiger partial charge is 0.447 e. The molecule has 0 aromatic carbocycles. The summed E-state index contributed by atoms with van der Waals surface area (Å²) in [4.78, 5) is 33.0. The monoisotopic (exact) mass is 510 g/mol. The fourth-order valence-electron chi connectivity index (χ4n) is 4.42. The molecule has 0 saturated heterocycles. The number of fused-ring (bicyclic) bond motifs is 1. The van der Waals surface area contributed by atoms with Gasteiger partial charge in [0.05, 0.1) is 29.9 Å². The van der Waals surface area contributed by atoms with Crippen LogP contribution < -0.4 is 21.3 Å². The highest BCUT2D eigenvalue weighted by Crippen LogP contribution is 2.30. The van der Waals surface area contributed by atoms with Crippen molar-refractivity contribution in [1.82, 2.24) is 24.9 Å². The van der Waals surface area contributed by atoms with Gasteiger partial charge < -0.3 is 26.0 Å². The Hall–Kier alpha value is -3.96. The Bertz CT molecular complexity index is 1280. The fourth-order valence-corrected chi connectivity index (χ4v) is 4.42. The summed E-state index contributed by atoms with van der Waals surface area (Å²) in [6, 6.07) is 3.90. The molecule has 3 aromatic heterocycles. The Morgan fingerprint density at radius 1 is 1.03 bits per heavy atom. The number of nitrogens with zero attached hydrogens (tertiary/aromatic N) is 4. The van der Waals surface area contributed by atoms with Crippen LogP contribution in [0, 0.1) is 5.82 Å². The molecule has 196 valence electrons. The third-order valence-electron chi connectivity index (χ3n) is 6.40. The van der Waals surface area contributed by atoms with E-state index in [0.717, 1.165) is 50.4 Å². The van der Waals surface area contributed by atoms with E-state index in [-0.39, 0.29) is 35.7 Å². The molecule has 3 heterocycles. The van der Waals surface area contributed by atoms with Crippen LogP contribution in [0.5, 0.6) is 0 Å². The van der Waals surface area contributed by atoms with E-state index >= 15 is 0 Å². The molecule has 12 heteroatoms. The minimum Gasteiger partial charge on any atom is -0.447 e. The van der Waals surface area contributed by atoms with Gasteiger partial charge in [0.25, 0.3) is 5.91 Å². The number of carbonyl (C=O) groups excluding carboxylic acids is 2. The summed E-state index contributed by atoms with van der Waals surface area (Å²) in [6.07, 6.45) is 8.81. The molecule has 2 aliphatic rings. The minimum absolute atomic E-state index is 0.0307. The Morgan fingerprint density at radius 2 is 1.73 bits per heavy atom. The molecular weight excluding hydrogens is 479 g/mol. The van der Waals surface area contributed by atoms with Crippen molar-refractivity contribution in [3.8, 4) is 0 Å². The van der Waals surface area contributed by atoms with Crippen LogP contribution >= 0.6 is 0 Å². The van der Waals surface area contributed by atoms with E-state index in [1.807, 2.05) is 19.9 Å². The summed E-state index contributed by atoms with van der Waals surface area (Å²) in [5.41, 5.74) is 1.52. The molecule has 2 amide bonds. The van der Waals surface area contributed by atoms with Crippen LogP contribution in [0.3, 0.4) is 0 Å². The quantitative estimate of drug-likeness (QED) is 0.358. The van der Waals surface area contributed by atoms with Crippen molar-refractivity contribution in [3.63, 3.8) is 0 Å². The number of halogens is 1. The SMILES string of the molecule is CC(C)OC(=O)N[C@H]1CC[C@H](Nc2cc(NC3CC3)c3ncc(C(=O)Nc4ccncc4F)n3n2)CC1. The van der Waals surface area contributed by atoms with E-state index in [0.29, 0.717) is 17.5 Å². The molecule has 0 unspecified atom stereocenters. The molecular formula is C25H31FN8O3. The number of alkyl carbamates (subject to hydrolysis) is 1. The molecule has 37 heavy (non-hydrogen) atoms. The number of ether oxygens (including phenoxy) is 1. The number of nitrogens with one attached hydrogen (secondary N) is 4. The molecule has 2 aliphatic carbocycles. The third-order valence-corrected chi connectivity index (χ3v) is 6.40. The van der Waals surface area contributed by atoms with Gasteiger partial charge in [-0.2, -0.15) is 0 Å². The predicted molar refractivity (Wildman–Crippen MR) is 136 cm³/mol. The number of hydrogen-bond acceptors (Lipinski definition) is 8. The van der Waals surface area contributed by atoms with Gasteiger partial charge in [-0.3, -0.25) is 9.78 Å². The van der Waals surface area contributed by atoms with Crippen LogP contribution in [0.25, 0.3) is 5.65 Å². The fraction of sp³-hybridized carbons (Fsp3) is 0.480. The van der Waals surface area contributed by atoms with Crippen molar-refractivity contribution in [2.75, 3.05) is 16.0 Å². The van der Waals surface area contributed by atoms with Gasteiger partial charge in [0, 0.05) is 30.4 Å². The van der Waals surface area contributed by atoms with Crippen molar-refractivity contribution in [1.29, 1.82) is 0 Å². The molecule has 4 N–H and O–H groups in total. The van der Waals surface area contributed by atoms with Crippen LogP contribution in [-0.2, 0) is 4.74 Å². The lowest BCUT2D eigenvalue weighted by molar-refractivity contribution is 0.101. The standard InChI is InChI=1S/C25H31FN8O3/c1-14(2)37-25(36)31-17-7-5-16(6-8-17)30-22-11-20(29-15-3-4-15)23-28-13-21(34(23)33-22)24(35)32-19-9-10-27-12-18(19)26/h9-17,29H,3-8H2,1-2H3,(H,30,33)(H,31,36)(H,27,32,35)/t16-,17-. The van der Waals surface area contributed by atoms with E-state index in [4.69, 9.17) is 4.74 Å². The van der Waals surface area contributed by atoms with Gasteiger partial charge in [-0.05, 0) is 58.4 Å². The lowest BCUT2D eigenvalue weighted by atomic mass is 9.91. The second-order valence-corrected chi connectivity index (χ2v) is 9.84. The maximum absolute atomic E-state index is 14.0. The van der Waals surface area contributed by atoms with Crippen LogP contribution in [0.4, 0.5) is 26.4 Å². The molecule has 0 bridgehead atoms. The van der Waals surface area contributed by atoms with Gasteiger partial charge >= 0.3 is 6.09 Å².